The van der Waals surface area contributed by atoms with Crippen LogP contribution in [0.5, 0.6) is 0 Å². The fourth-order valence-electron chi connectivity index (χ4n) is 2.51. The first kappa shape index (κ1) is 13.1. The zero-order chi connectivity index (χ0) is 13.2. The molecule has 2 nitrogen and oxygen atoms in total. The molecule has 2 N–H and O–H groups in total. The Balaban J connectivity index is 2.63. The second kappa shape index (κ2) is 5.09. The maximum atomic E-state index is 3.52. The van der Waals surface area contributed by atoms with E-state index in [1.54, 1.807) is 0 Å². The molecule has 0 aliphatic carbocycles. The van der Waals surface area contributed by atoms with E-state index in [1.807, 2.05) is 7.05 Å². The summed E-state index contributed by atoms with van der Waals surface area (Å²) in [4.78, 5) is 0. The molecule has 0 spiro atoms. The van der Waals surface area contributed by atoms with Crippen LogP contribution in [-0.2, 0) is 5.66 Å². The van der Waals surface area contributed by atoms with Gasteiger partial charge in [0, 0.05) is 0 Å². The summed E-state index contributed by atoms with van der Waals surface area (Å²) in [6.45, 7) is 7.38. The van der Waals surface area contributed by atoms with Gasteiger partial charge in [-0.2, -0.15) is 0 Å². The summed E-state index contributed by atoms with van der Waals surface area (Å²) < 4.78 is 0. The maximum absolute atomic E-state index is 3.52. The average molecular weight is 242 g/mol. The van der Waals surface area contributed by atoms with E-state index < -0.39 is 0 Å². The van der Waals surface area contributed by atoms with E-state index in [4.69, 9.17) is 0 Å². The molecule has 1 unspecified atom stereocenters. The number of hydrogen-bond donors (Lipinski definition) is 2. The lowest BCUT2D eigenvalue weighted by Crippen LogP contribution is -2.50. The van der Waals surface area contributed by atoms with Crippen molar-refractivity contribution >= 4 is 10.8 Å². The van der Waals surface area contributed by atoms with Crippen LogP contribution in [0.3, 0.4) is 0 Å². The lowest BCUT2D eigenvalue weighted by atomic mass is 9.94. The number of fused-ring (bicyclic) bond motifs is 1. The Kier molecular flexibility index (Phi) is 3.69. The fourth-order valence-corrected chi connectivity index (χ4v) is 2.51. The van der Waals surface area contributed by atoms with Gasteiger partial charge in [0.1, 0.15) is 0 Å². The Bertz CT molecular complexity index is 548. The van der Waals surface area contributed by atoms with Crippen molar-refractivity contribution in [3.63, 3.8) is 0 Å². The second-order valence-electron chi connectivity index (χ2n) is 4.94. The van der Waals surface area contributed by atoms with Crippen molar-refractivity contribution in [2.75, 3.05) is 13.6 Å². The van der Waals surface area contributed by atoms with Crippen molar-refractivity contribution in [1.29, 1.82) is 0 Å². The van der Waals surface area contributed by atoms with Crippen LogP contribution in [0.15, 0.2) is 36.4 Å². The predicted octanol–water partition coefficient (Wildman–Crippen LogP) is 3.15. The largest absolute Gasteiger partial charge is 0.299 e. The molecular weight excluding hydrogens is 220 g/mol. The average Bonchev–Trinajstić information content (AvgIpc) is 2.37. The molecule has 0 radical (unpaired) electrons. The number of hydrogen-bond acceptors (Lipinski definition) is 2. The van der Waals surface area contributed by atoms with Gasteiger partial charge in [-0.3, -0.25) is 10.6 Å². The first-order valence-corrected chi connectivity index (χ1v) is 6.54. The minimum atomic E-state index is -0.191. The van der Waals surface area contributed by atoms with Crippen LogP contribution in [0.1, 0.15) is 25.0 Å². The molecule has 18 heavy (non-hydrogen) atoms. The lowest BCUT2D eigenvalue weighted by molar-refractivity contribution is 0.321. The van der Waals surface area contributed by atoms with Crippen molar-refractivity contribution in [2.24, 2.45) is 0 Å². The number of benzene rings is 2. The lowest BCUT2D eigenvalue weighted by Gasteiger charge is -2.32. The molecule has 0 aliphatic rings. The van der Waals surface area contributed by atoms with E-state index in [0.717, 1.165) is 6.54 Å². The Morgan fingerprint density at radius 3 is 2.61 bits per heavy atom. The van der Waals surface area contributed by atoms with Crippen molar-refractivity contribution < 1.29 is 0 Å². The molecule has 0 amide bonds. The highest BCUT2D eigenvalue weighted by atomic mass is 15.2. The smallest absolute Gasteiger partial charge is 0.0924 e. The molecule has 0 fully saturated rings. The van der Waals surface area contributed by atoms with Crippen LogP contribution in [0.2, 0.25) is 0 Å². The van der Waals surface area contributed by atoms with E-state index in [-0.39, 0.29) is 5.66 Å². The molecule has 0 heterocycles. The van der Waals surface area contributed by atoms with Gasteiger partial charge in [-0.05, 0) is 43.8 Å². The van der Waals surface area contributed by atoms with E-state index in [2.05, 4.69) is 67.8 Å². The van der Waals surface area contributed by atoms with Crippen LogP contribution in [0.25, 0.3) is 10.8 Å². The van der Waals surface area contributed by atoms with Gasteiger partial charge >= 0.3 is 0 Å². The predicted molar refractivity (Wildman–Crippen MR) is 78.8 cm³/mol. The van der Waals surface area contributed by atoms with Crippen molar-refractivity contribution in [2.45, 2.75) is 26.4 Å². The van der Waals surface area contributed by atoms with Crippen LogP contribution in [0, 0.1) is 6.92 Å². The van der Waals surface area contributed by atoms with Gasteiger partial charge in [0.05, 0.1) is 5.66 Å². The van der Waals surface area contributed by atoms with Gasteiger partial charge in [-0.25, -0.2) is 0 Å². The first-order chi connectivity index (χ1) is 8.60. The van der Waals surface area contributed by atoms with Crippen LogP contribution >= 0.6 is 0 Å². The number of rotatable bonds is 4. The van der Waals surface area contributed by atoms with E-state index in [1.165, 1.54) is 21.9 Å². The van der Waals surface area contributed by atoms with E-state index in [0.29, 0.717) is 0 Å². The third kappa shape index (κ3) is 2.26. The molecule has 0 saturated heterocycles. The SMILES string of the molecule is CCNC(C)(NC)c1cccc2cc(C)ccc12. The Labute approximate surface area is 109 Å². The van der Waals surface area contributed by atoms with Crippen molar-refractivity contribution in [3.05, 3.63) is 47.5 Å². The Hall–Kier alpha value is -1.38. The second-order valence-corrected chi connectivity index (χ2v) is 4.94. The standard InChI is InChI=1S/C16H22N2/c1-5-18-16(3,17-4)15-8-6-7-13-11-12(2)9-10-14(13)15/h6-11,17-18H,5H2,1-4H3. The van der Waals surface area contributed by atoms with Crippen LogP contribution < -0.4 is 10.6 Å². The van der Waals surface area contributed by atoms with E-state index >= 15 is 0 Å². The van der Waals surface area contributed by atoms with Crippen molar-refractivity contribution in [3.8, 4) is 0 Å². The molecule has 2 heteroatoms. The molecule has 1 atom stereocenters. The summed E-state index contributed by atoms with van der Waals surface area (Å²) in [5, 5.41) is 9.52. The number of aryl methyl sites for hydroxylation is 1. The molecule has 0 saturated carbocycles. The Morgan fingerprint density at radius 1 is 1.17 bits per heavy atom. The molecule has 0 aromatic heterocycles. The quantitative estimate of drug-likeness (QED) is 0.805. The minimum absolute atomic E-state index is 0.191. The van der Waals surface area contributed by atoms with Gasteiger partial charge in [0.25, 0.3) is 0 Å². The van der Waals surface area contributed by atoms with Gasteiger partial charge in [-0.15, -0.1) is 0 Å². The third-order valence-corrected chi connectivity index (χ3v) is 3.60. The summed E-state index contributed by atoms with van der Waals surface area (Å²) in [6.07, 6.45) is 0. The Morgan fingerprint density at radius 2 is 1.94 bits per heavy atom. The summed E-state index contributed by atoms with van der Waals surface area (Å²) in [5.41, 5.74) is 2.40. The fraction of sp³-hybridized carbons (Fsp3) is 0.375. The minimum Gasteiger partial charge on any atom is -0.299 e. The van der Waals surface area contributed by atoms with Crippen LogP contribution in [0.4, 0.5) is 0 Å². The molecule has 0 bridgehead atoms. The molecule has 96 valence electrons. The highest BCUT2D eigenvalue weighted by molar-refractivity contribution is 5.87. The summed E-state index contributed by atoms with van der Waals surface area (Å²) in [7, 11) is 2.00. The molecule has 2 aromatic rings. The monoisotopic (exact) mass is 242 g/mol. The summed E-state index contributed by atoms with van der Waals surface area (Å²) in [6, 6.07) is 13.1. The van der Waals surface area contributed by atoms with Gasteiger partial charge in [-0.1, -0.05) is 48.9 Å². The highest BCUT2D eigenvalue weighted by Gasteiger charge is 2.24. The molecule has 2 aromatic carbocycles. The molecule has 0 aliphatic heterocycles. The summed E-state index contributed by atoms with van der Waals surface area (Å²) in [5.74, 6) is 0. The van der Waals surface area contributed by atoms with Gasteiger partial charge < -0.3 is 0 Å². The first-order valence-electron chi connectivity index (χ1n) is 6.54. The summed E-state index contributed by atoms with van der Waals surface area (Å²) >= 11 is 0. The maximum Gasteiger partial charge on any atom is 0.0924 e. The normalized spacial score (nSPS) is 14.7. The van der Waals surface area contributed by atoms with Crippen molar-refractivity contribution in [1.82, 2.24) is 10.6 Å². The van der Waals surface area contributed by atoms with Crippen LogP contribution in [-0.4, -0.2) is 13.6 Å². The topological polar surface area (TPSA) is 24.1 Å². The number of nitrogens with one attached hydrogen (secondary N) is 2. The molecular formula is C16H22N2. The zero-order valence-electron chi connectivity index (χ0n) is 11.7. The zero-order valence-corrected chi connectivity index (χ0v) is 11.7. The highest BCUT2D eigenvalue weighted by Crippen LogP contribution is 2.27. The molecule has 2 rings (SSSR count). The third-order valence-electron chi connectivity index (χ3n) is 3.60. The van der Waals surface area contributed by atoms with Gasteiger partial charge in [0.15, 0.2) is 0 Å². The van der Waals surface area contributed by atoms with Gasteiger partial charge in [0.2, 0.25) is 0 Å². The van der Waals surface area contributed by atoms with E-state index in [9.17, 15) is 0 Å².